The van der Waals surface area contributed by atoms with E-state index in [9.17, 15) is 14.0 Å². The number of carbonyl (C=O) groups excluding carboxylic acids is 1. The van der Waals surface area contributed by atoms with Gasteiger partial charge in [-0.05, 0) is 12.1 Å². The summed E-state index contributed by atoms with van der Waals surface area (Å²) < 4.78 is 12.9. The van der Waals surface area contributed by atoms with Gasteiger partial charge in [0.15, 0.2) is 11.5 Å². The SMILES string of the molecule is O=C(Nc1nccnc1C(=O)O)c1cccc(F)n1. The van der Waals surface area contributed by atoms with Crippen LogP contribution in [0.4, 0.5) is 10.2 Å². The van der Waals surface area contributed by atoms with Gasteiger partial charge in [0.05, 0.1) is 0 Å². The topological polar surface area (TPSA) is 105 Å². The summed E-state index contributed by atoms with van der Waals surface area (Å²) in [6, 6.07) is 3.68. The lowest BCUT2D eigenvalue weighted by atomic mass is 10.3. The van der Waals surface area contributed by atoms with Crippen molar-refractivity contribution in [3.8, 4) is 0 Å². The number of carboxylic acid groups (broad SMARTS) is 1. The van der Waals surface area contributed by atoms with Crippen LogP contribution in [0.25, 0.3) is 0 Å². The predicted molar refractivity (Wildman–Crippen MR) is 61.1 cm³/mol. The number of anilines is 1. The van der Waals surface area contributed by atoms with Gasteiger partial charge in [-0.15, -0.1) is 0 Å². The van der Waals surface area contributed by atoms with E-state index in [0.29, 0.717) is 0 Å². The highest BCUT2D eigenvalue weighted by atomic mass is 19.1. The van der Waals surface area contributed by atoms with Gasteiger partial charge in [0, 0.05) is 12.4 Å². The second-order valence-corrected chi connectivity index (χ2v) is 3.36. The summed E-state index contributed by atoms with van der Waals surface area (Å²) in [6.07, 6.45) is 2.40. The first-order valence-corrected chi connectivity index (χ1v) is 5.06. The van der Waals surface area contributed by atoms with Gasteiger partial charge in [-0.25, -0.2) is 19.7 Å². The van der Waals surface area contributed by atoms with E-state index >= 15 is 0 Å². The van der Waals surface area contributed by atoms with Gasteiger partial charge < -0.3 is 10.4 Å². The minimum atomic E-state index is -1.34. The zero-order valence-electron chi connectivity index (χ0n) is 9.37. The molecule has 0 atom stereocenters. The van der Waals surface area contributed by atoms with Crippen molar-refractivity contribution in [3.63, 3.8) is 0 Å². The number of amides is 1. The molecule has 2 aromatic rings. The van der Waals surface area contributed by atoms with Gasteiger partial charge >= 0.3 is 5.97 Å². The summed E-state index contributed by atoms with van der Waals surface area (Å²) in [6.45, 7) is 0. The molecule has 0 unspecified atom stereocenters. The third-order valence-corrected chi connectivity index (χ3v) is 2.08. The summed E-state index contributed by atoms with van der Waals surface area (Å²) in [4.78, 5) is 33.2. The highest BCUT2D eigenvalue weighted by Gasteiger charge is 2.16. The largest absolute Gasteiger partial charge is 0.476 e. The maximum atomic E-state index is 12.9. The van der Waals surface area contributed by atoms with E-state index in [0.717, 1.165) is 6.07 Å². The molecule has 0 saturated heterocycles. The molecule has 0 saturated carbocycles. The van der Waals surface area contributed by atoms with E-state index in [2.05, 4.69) is 20.3 Å². The van der Waals surface area contributed by atoms with Crippen molar-refractivity contribution in [1.29, 1.82) is 0 Å². The molecule has 2 aromatic heterocycles. The molecule has 0 radical (unpaired) electrons. The summed E-state index contributed by atoms with van der Waals surface area (Å²) in [5, 5.41) is 11.1. The number of carboxylic acids is 1. The molecule has 0 aliphatic rings. The third-order valence-electron chi connectivity index (χ3n) is 2.08. The number of halogens is 1. The quantitative estimate of drug-likeness (QED) is 0.798. The summed E-state index contributed by atoms with van der Waals surface area (Å²) in [5.74, 6) is -3.16. The Morgan fingerprint density at radius 3 is 2.63 bits per heavy atom. The fraction of sp³-hybridized carbons (Fsp3) is 0. The molecule has 0 spiro atoms. The molecule has 0 aromatic carbocycles. The number of hydrogen-bond acceptors (Lipinski definition) is 5. The van der Waals surface area contributed by atoms with Crippen molar-refractivity contribution in [2.24, 2.45) is 0 Å². The number of nitrogens with zero attached hydrogens (tertiary/aromatic N) is 3. The summed E-state index contributed by atoms with van der Waals surface area (Å²) >= 11 is 0. The molecule has 96 valence electrons. The number of aromatic nitrogens is 3. The Morgan fingerprint density at radius 1 is 1.21 bits per heavy atom. The van der Waals surface area contributed by atoms with E-state index in [1.165, 1.54) is 24.5 Å². The zero-order chi connectivity index (χ0) is 13.8. The Morgan fingerprint density at radius 2 is 1.95 bits per heavy atom. The van der Waals surface area contributed by atoms with Gasteiger partial charge in [-0.2, -0.15) is 4.39 Å². The number of aromatic carboxylic acids is 1. The molecule has 2 heterocycles. The lowest BCUT2D eigenvalue weighted by Crippen LogP contribution is -2.18. The Labute approximate surface area is 106 Å². The van der Waals surface area contributed by atoms with E-state index in [4.69, 9.17) is 5.11 Å². The van der Waals surface area contributed by atoms with Crippen LogP contribution in [-0.4, -0.2) is 31.9 Å². The molecule has 7 nitrogen and oxygen atoms in total. The van der Waals surface area contributed by atoms with E-state index in [1.54, 1.807) is 0 Å². The van der Waals surface area contributed by atoms with Crippen molar-refractivity contribution in [3.05, 3.63) is 47.9 Å². The van der Waals surface area contributed by atoms with Gasteiger partial charge in [-0.1, -0.05) is 6.07 Å². The molecular weight excluding hydrogens is 255 g/mol. The zero-order valence-corrected chi connectivity index (χ0v) is 9.37. The Hall–Kier alpha value is -2.90. The van der Waals surface area contributed by atoms with Crippen LogP contribution in [0, 0.1) is 5.95 Å². The lowest BCUT2D eigenvalue weighted by molar-refractivity contribution is 0.0691. The predicted octanol–water partition coefficient (Wildman–Crippen LogP) is 0.961. The lowest BCUT2D eigenvalue weighted by Gasteiger charge is -2.05. The molecule has 2 rings (SSSR count). The monoisotopic (exact) mass is 262 g/mol. The average Bonchev–Trinajstić information content (AvgIpc) is 2.39. The van der Waals surface area contributed by atoms with E-state index in [-0.39, 0.29) is 11.5 Å². The van der Waals surface area contributed by atoms with Crippen LogP contribution in [0.3, 0.4) is 0 Å². The maximum Gasteiger partial charge on any atom is 0.358 e. The number of carbonyl (C=O) groups is 2. The molecule has 0 bridgehead atoms. The van der Waals surface area contributed by atoms with Gasteiger partial charge in [0.25, 0.3) is 5.91 Å². The molecular formula is C11H7FN4O3. The van der Waals surface area contributed by atoms with Crippen LogP contribution in [0.1, 0.15) is 21.0 Å². The van der Waals surface area contributed by atoms with Crippen molar-refractivity contribution >= 4 is 17.7 Å². The standard InChI is InChI=1S/C11H7FN4O3/c12-7-3-1-2-6(15-7)10(17)16-9-8(11(18)19)13-4-5-14-9/h1-5H,(H,18,19)(H,14,16,17). The summed E-state index contributed by atoms with van der Waals surface area (Å²) in [7, 11) is 0. The first-order valence-electron chi connectivity index (χ1n) is 5.06. The normalized spacial score (nSPS) is 9.95. The fourth-order valence-electron chi connectivity index (χ4n) is 1.29. The number of rotatable bonds is 3. The van der Waals surface area contributed by atoms with Crippen LogP contribution in [0.15, 0.2) is 30.6 Å². The van der Waals surface area contributed by atoms with Crippen LogP contribution >= 0.6 is 0 Å². The number of pyridine rings is 1. The number of hydrogen-bond donors (Lipinski definition) is 2. The number of nitrogens with one attached hydrogen (secondary N) is 1. The fourth-order valence-corrected chi connectivity index (χ4v) is 1.29. The molecule has 0 aliphatic heterocycles. The van der Waals surface area contributed by atoms with Gasteiger partial charge in [0.1, 0.15) is 5.69 Å². The molecule has 0 fully saturated rings. The Kier molecular flexibility index (Phi) is 3.42. The van der Waals surface area contributed by atoms with Crippen molar-refractivity contribution in [2.75, 3.05) is 5.32 Å². The second-order valence-electron chi connectivity index (χ2n) is 3.36. The smallest absolute Gasteiger partial charge is 0.358 e. The molecule has 2 N–H and O–H groups in total. The van der Waals surface area contributed by atoms with Crippen LogP contribution in [0.2, 0.25) is 0 Å². The highest BCUT2D eigenvalue weighted by molar-refractivity contribution is 6.05. The first kappa shape index (κ1) is 12.6. The molecule has 19 heavy (non-hydrogen) atoms. The van der Waals surface area contributed by atoms with Crippen LogP contribution in [-0.2, 0) is 0 Å². The second kappa shape index (κ2) is 5.17. The molecule has 8 heteroatoms. The minimum Gasteiger partial charge on any atom is -0.476 e. The van der Waals surface area contributed by atoms with Gasteiger partial charge in [-0.3, -0.25) is 4.79 Å². The Bertz CT molecular complexity index is 647. The average molecular weight is 262 g/mol. The first-order chi connectivity index (χ1) is 9.08. The van der Waals surface area contributed by atoms with Crippen molar-refractivity contribution in [1.82, 2.24) is 15.0 Å². The highest BCUT2D eigenvalue weighted by Crippen LogP contribution is 2.09. The maximum absolute atomic E-state index is 12.9. The molecule has 0 aliphatic carbocycles. The van der Waals surface area contributed by atoms with E-state index in [1.807, 2.05) is 0 Å². The van der Waals surface area contributed by atoms with Crippen LogP contribution < -0.4 is 5.32 Å². The summed E-state index contributed by atoms with van der Waals surface area (Å²) in [5.41, 5.74) is -0.603. The van der Waals surface area contributed by atoms with Crippen LogP contribution in [0.5, 0.6) is 0 Å². The minimum absolute atomic E-state index is 0.193. The third kappa shape index (κ3) is 2.86. The van der Waals surface area contributed by atoms with Gasteiger partial charge in [0.2, 0.25) is 5.95 Å². The van der Waals surface area contributed by atoms with Crippen molar-refractivity contribution in [2.45, 2.75) is 0 Å². The molecule has 1 amide bonds. The van der Waals surface area contributed by atoms with Crippen molar-refractivity contribution < 1.29 is 19.1 Å². The Balaban J connectivity index is 2.27. The van der Waals surface area contributed by atoms with E-state index < -0.39 is 23.5 Å².